The van der Waals surface area contributed by atoms with Crippen molar-refractivity contribution in [2.45, 2.75) is 43.4 Å². The maximum Gasteiger partial charge on any atom is 0.254 e. The summed E-state index contributed by atoms with van der Waals surface area (Å²) in [6, 6.07) is 15.2. The number of fused-ring (bicyclic) bond motifs is 1. The van der Waals surface area contributed by atoms with E-state index in [4.69, 9.17) is 9.47 Å². The summed E-state index contributed by atoms with van der Waals surface area (Å²) in [6.45, 7) is 0.725. The number of aromatic nitrogens is 1. The third-order valence-electron chi connectivity index (χ3n) is 5.75. The maximum atomic E-state index is 13.0. The molecule has 4 rings (SSSR count). The van der Waals surface area contributed by atoms with Gasteiger partial charge in [-0.1, -0.05) is 24.3 Å². The fourth-order valence-electron chi connectivity index (χ4n) is 4.35. The summed E-state index contributed by atoms with van der Waals surface area (Å²) in [5, 5.41) is 0. The van der Waals surface area contributed by atoms with E-state index < -0.39 is 0 Å². The van der Waals surface area contributed by atoms with E-state index in [0.717, 1.165) is 37.8 Å². The molecule has 3 atom stereocenters. The number of methoxy groups -OCH3 is 1. The van der Waals surface area contributed by atoms with Crippen LogP contribution in [-0.2, 0) is 4.74 Å². The van der Waals surface area contributed by atoms with Crippen LogP contribution in [0.5, 0.6) is 5.88 Å². The van der Waals surface area contributed by atoms with Gasteiger partial charge in [0, 0.05) is 37.9 Å². The minimum absolute atomic E-state index is 0.0302. The van der Waals surface area contributed by atoms with E-state index in [-0.39, 0.29) is 23.7 Å². The van der Waals surface area contributed by atoms with Crippen LogP contribution in [0.15, 0.2) is 54.7 Å². The number of benzene rings is 1. The topological polar surface area (TPSA) is 51.7 Å². The SMILES string of the molecule is CO[C@@]12CC[C@H](Oc3ccccn3)C[C@@H]1N(C(=O)c1ccccc1)CC2. The minimum atomic E-state index is -0.256. The lowest BCUT2D eigenvalue weighted by atomic mass is 9.79. The molecule has 0 spiro atoms. The van der Waals surface area contributed by atoms with Gasteiger partial charge in [-0.2, -0.15) is 0 Å². The molecule has 1 aliphatic carbocycles. The molecule has 2 aliphatic rings. The van der Waals surface area contributed by atoms with Gasteiger partial charge in [0.15, 0.2) is 0 Å². The molecule has 2 aromatic rings. The minimum Gasteiger partial charge on any atom is -0.474 e. The van der Waals surface area contributed by atoms with Crippen molar-refractivity contribution in [3.05, 3.63) is 60.3 Å². The molecule has 26 heavy (non-hydrogen) atoms. The zero-order valence-electron chi connectivity index (χ0n) is 15.0. The second-order valence-corrected chi connectivity index (χ2v) is 7.08. The first-order chi connectivity index (χ1) is 12.7. The van der Waals surface area contributed by atoms with Crippen molar-refractivity contribution >= 4 is 5.91 Å². The molecular weight excluding hydrogens is 328 g/mol. The Hall–Kier alpha value is -2.40. The van der Waals surface area contributed by atoms with Crippen molar-refractivity contribution in [1.82, 2.24) is 9.88 Å². The van der Waals surface area contributed by atoms with E-state index in [0.29, 0.717) is 5.88 Å². The molecule has 1 aliphatic heterocycles. The predicted octanol–water partition coefficient (Wildman–Crippen LogP) is 3.31. The Morgan fingerprint density at radius 2 is 1.96 bits per heavy atom. The fourth-order valence-corrected chi connectivity index (χ4v) is 4.35. The summed E-state index contributed by atoms with van der Waals surface area (Å²) in [6.07, 6.45) is 5.23. The van der Waals surface area contributed by atoms with E-state index in [1.165, 1.54) is 0 Å². The van der Waals surface area contributed by atoms with E-state index >= 15 is 0 Å². The van der Waals surface area contributed by atoms with Crippen molar-refractivity contribution < 1.29 is 14.3 Å². The van der Waals surface area contributed by atoms with Gasteiger partial charge in [0.05, 0.1) is 11.6 Å². The van der Waals surface area contributed by atoms with E-state index in [1.54, 1.807) is 13.3 Å². The average molecular weight is 352 g/mol. The third kappa shape index (κ3) is 3.07. The molecule has 1 aromatic carbocycles. The summed E-state index contributed by atoms with van der Waals surface area (Å²) in [5.74, 6) is 0.717. The van der Waals surface area contributed by atoms with Gasteiger partial charge in [-0.05, 0) is 37.5 Å². The largest absolute Gasteiger partial charge is 0.474 e. The molecular formula is C21H24N2O3. The summed E-state index contributed by atoms with van der Waals surface area (Å²) >= 11 is 0. The van der Waals surface area contributed by atoms with Crippen LogP contribution in [-0.4, -0.2) is 47.2 Å². The first-order valence-electron chi connectivity index (χ1n) is 9.21. The second-order valence-electron chi connectivity index (χ2n) is 7.08. The van der Waals surface area contributed by atoms with E-state index in [2.05, 4.69) is 4.98 Å². The number of rotatable bonds is 4. The number of carbonyl (C=O) groups excluding carboxylic acids is 1. The van der Waals surface area contributed by atoms with Gasteiger partial charge in [-0.15, -0.1) is 0 Å². The molecule has 0 unspecified atom stereocenters. The van der Waals surface area contributed by atoms with Crippen LogP contribution in [0.3, 0.4) is 0 Å². The lowest BCUT2D eigenvalue weighted by molar-refractivity contribution is -0.0788. The fraction of sp³-hybridized carbons (Fsp3) is 0.429. The van der Waals surface area contributed by atoms with Gasteiger partial charge in [0.2, 0.25) is 5.88 Å². The number of nitrogens with zero attached hydrogens (tertiary/aromatic N) is 2. The first kappa shape index (κ1) is 17.0. The number of amides is 1. The van der Waals surface area contributed by atoms with Gasteiger partial charge in [0.25, 0.3) is 5.91 Å². The van der Waals surface area contributed by atoms with Crippen LogP contribution < -0.4 is 4.74 Å². The zero-order chi connectivity index (χ0) is 18.0. The Bertz CT molecular complexity index is 752. The molecule has 1 saturated carbocycles. The molecule has 136 valence electrons. The highest BCUT2D eigenvalue weighted by Gasteiger charge is 2.53. The highest BCUT2D eigenvalue weighted by Crippen LogP contribution is 2.43. The average Bonchev–Trinajstić information content (AvgIpc) is 3.08. The van der Waals surface area contributed by atoms with Gasteiger partial charge in [-0.25, -0.2) is 4.98 Å². The first-order valence-corrected chi connectivity index (χ1v) is 9.21. The van der Waals surface area contributed by atoms with Crippen LogP contribution in [0.4, 0.5) is 0 Å². The monoisotopic (exact) mass is 352 g/mol. The quantitative estimate of drug-likeness (QED) is 0.847. The highest BCUT2D eigenvalue weighted by molar-refractivity contribution is 5.94. The Morgan fingerprint density at radius 1 is 1.15 bits per heavy atom. The van der Waals surface area contributed by atoms with Crippen LogP contribution >= 0.6 is 0 Å². The summed E-state index contributed by atoms with van der Waals surface area (Å²) < 4.78 is 12.0. The highest BCUT2D eigenvalue weighted by atomic mass is 16.5. The number of hydrogen-bond donors (Lipinski definition) is 0. The Labute approximate surface area is 153 Å². The zero-order valence-corrected chi connectivity index (χ0v) is 15.0. The smallest absolute Gasteiger partial charge is 0.254 e. The molecule has 1 aromatic heterocycles. The third-order valence-corrected chi connectivity index (χ3v) is 5.75. The maximum absolute atomic E-state index is 13.0. The van der Waals surface area contributed by atoms with Crippen molar-refractivity contribution in [3.8, 4) is 5.88 Å². The second kappa shape index (κ2) is 7.08. The molecule has 0 radical (unpaired) electrons. The Balaban J connectivity index is 1.54. The Kier molecular flexibility index (Phi) is 4.64. The lowest BCUT2D eigenvalue weighted by Gasteiger charge is -2.43. The van der Waals surface area contributed by atoms with Gasteiger partial charge < -0.3 is 14.4 Å². The molecule has 0 bridgehead atoms. The van der Waals surface area contributed by atoms with Gasteiger partial charge in [-0.3, -0.25) is 4.79 Å². The van der Waals surface area contributed by atoms with Crippen molar-refractivity contribution in [2.75, 3.05) is 13.7 Å². The molecule has 5 heteroatoms. The molecule has 1 saturated heterocycles. The van der Waals surface area contributed by atoms with E-state index in [9.17, 15) is 4.79 Å². The van der Waals surface area contributed by atoms with Gasteiger partial charge >= 0.3 is 0 Å². The van der Waals surface area contributed by atoms with Crippen LogP contribution in [0.2, 0.25) is 0 Å². The van der Waals surface area contributed by atoms with Crippen molar-refractivity contribution in [1.29, 1.82) is 0 Å². The number of carbonyl (C=O) groups is 1. The van der Waals surface area contributed by atoms with Crippen LogP contribution in [0.25, 0.3) is 0 Å². The summed E-state index contributed by atoms with van der Waals surface area (Å²) in [4.78, 5) is 19.3. The molecule has 0 N–H and O–H groups in total. The number of hydrogen-bond acceptors (Lipinski definition) is 4. The number of ether oxygens (including phenoxy) is 2. The predicted molar refractivity (Wildman–Crippen MR) is 98.1 cm³/mol. The van der Waals surface area contributed by atoms with Crippen LogP contribution in [0, 0.1) is 0 Å². The summed E-state index contributed by atoms with van der Waals surface area (Å²) in [5.41, 5.74) is 0.473. The normalized spacial score (nSPS) is 27.8. The standard InChI is InChI=1S/C21H24N2O3/c1-25-21-11-10-17(26-19-9-5-6-13-22-19)15-18(21)23(14-12-21)20(24)16-7-3-2-4-8-16/h2-9,13,17-18H,10-12,14-15H2,1H3/t17-,18-,21+/m0/s1. The molecule has 2 heterocycles. The molecule has 1 amide bonds. The van der Waals surface area contributed by atoms with Crippen molar-refractivity contribution in [3.63, 3.8) is 0 Å². The number of likely N-dealkylation sites (tertiary alicyclic amines) is 1. The molecule has 5 nitrogen and oxygen atoms in total. The van der Waals surface area contributed by atoms with Gasteiger partial charge in [0.1, 0.15) is 6.10 Å². The number of pyridine rings is 1. The van der Waals surface area contributed by atoms with Crippen molar-refractivity contribution in [2.24, 2.45) is 0 Å². The summed E-state index contributed by atoms with van der Waals surface area (Å²) in [7, 11) is 1.77. The van der Waals surface area contributed by atoms with E-state index in [1.807, 2.05) is 53.4 Å². The Morgan fingerprint density at radius 3 is 2.69 bits per heavy atom. The van der Waals surface area contributed by atoms with Crippen LogP contribution in [0.1, 0.15) is 36.0 Å². The molecule has 2 fully saturated rings. The lowest BCUT2D eigenvalue weighted by Crippen LogP contribution is -2.53.